The van der Waals surface area contributed by atoms with Crippen LogP contribution < -0.4 is 16.0 Å². The third-order valence-corrected chi connectivity index (χ3v) is 4.18. The van der Waals surface area contributed by atoms with E-state index in [4.69, 9.17) is 16.3 Å². The number of nitrogens with one attached hydrogen (secondary N) is 3. The topological polar surface area (TPSA) is 105 Å². The molecule has 0 spiro atoms. The highest BCUT2D eigenvalue weighted by atomic mass is 35.5. The highest BCUT2D eigenvalue weighted by Crippen LogP contribution is 2.25. The fourth-order valence-corrected chi connectivity index (χ4v) is 2.75. The zero-order chi connectivity index (χ0) is 23.3. The largest absolute Gasteiger partial charge is 0.444 e. The van der Waals surface area contributed by atoms with E-state index < -0.39 is 17.5 Å². The molecular weight excluding hydrogens is 437 g/mol. The average Bonchev–Trinajstić information content (AvgIpc) is 2.70. The van der Waals surface area contributed by atoms with Gasteiger partial charge in [0.15, 0.2) is 6.29 Å². The van der Waals surface area contributed by atoms with E-state index >= 15 is 0 Å². The van der Waals surface area contributed by atoms with Gasteiger partial charge in [0, 0.05) is 23.3 Å². The summed E-state index contributed by atoms with van der Waals surface area (Å²) >= 11 is 5.80. The SMILES string of the molecule is CC(C)(C)OC(=O)Nc1cccc(Nc2nc(Nc3ccc(F)c(Cl)c3)ncc2C=O)c1. The normalized spacial score (nSPS) is 10.9. The van der Waals surface area contributed by atoms with Crippen molar-refractivity contribution in [2.45, 2.75) is 26.4 Å². The summed E-state index contributed by atoms with van der Waals surface area (Å²) in [5, 5.41) is 8.54. The third-order valence-electron chi connectivity index (χ3n) is 3.89. The summed E-state index contributed by atoms with van der Waals surface area (Å²) in [7, 11) is 0. The van der Waals surface area contributed by atoms with Crippen molar-refractivity contribution in [1.29, 1.82) is 0 Å². The van der Waals surface area contributed by atoms with Gasteiger partial charge in [-0.1, -0.05) is 17.7 Å². The molecule has 8 nitrogen and oxygen atoms in total. The average molecular weight is 458 g/mol. The van der Waals surface area contributed by atoms with Crippen molar-refractivity contribution in [3.63, 3.8) is 0 Å². The minimum absolute atomic E-state index is 0.0489. The number of aldehydes is 1. The summed E-state index contributed by atoms with van der Waals surface area (Å²) < 4.78 is 18.6. The van der Waals surface area contributed by atoms with Gasteiger partial charge >= 0.3 is 6.09 Å². The molecule has 166 valence electrons. The Hall–Kier alpha value is -3.72. The van der Waals surface area contributed by atoms with Crippen LogP contribution in [-0.4, -0.2) is 27.9 Å². The Bertz CT molecular complexity index is 1150. The van der Waals surface area contributed by atoms with E-state index in [1.807, 2.05) is 0 Å². The predicted octanol–water partition coefficient (Wildman–Crippen LogP) is 5.92. The number of hydrogen-bond acceptors (Lipinski definition) is 7. The van der Waals surface area contributed by atoms with Crippen molar-refractivity contribution in [3.8, 4) is 0 Å². The van der Waals surface area contributed by atoms with Crippen molar-refractivity contribution in [2.24, 2.45) is 0 Å². The quantitative estimate of drug-likeness (QED) is 0.395. The first-order valence-electron chi connectivity index (χ1n) is 9.54. The summed E-state index contributed by atoms with van der Waals surface area (Å²) in [6.45, 7) is 5.31. The van der Waals surface area contributed by atoms with Crippen molar-refractivity contribution in [3.05, 3.63) is 65.1 Å². The maximum atomic E-state index is 13.4. The van der Waals surface area contributed by atoms with E-state index in [0.717, 1.165) is 0 Å². The maximum Gasteiger partial charge on any atom is 0.412 e. The Kier molecular flexibility index (Phi) is 6.89. The number of carbonyl (C=O) groups excluding carboxylic acids is 2. The number of rotatable bonds is 6. The number of halogens is 2. The molecule has 1 amide bonds. The van der Waals surface area contributed by atoms with E-state index in [2.05, 4.69) is 25.9 Å². The van der Waals surface area contributed by atoms with Crippen LogP contribution in [0.3, 0.4) is 0 Å². The van der Waals surface area contributed by atoms with Gasteiger partial charge in [-0.25, -0.2) is 14.2 Å². The molecule has 1 heterocycles. The number of carbonyl (C=O) groups is 2. The first-order valence-corrected chi connectivity index (χ1v) is 9.92. The van der Waals surface area contributed by atoms with Gasteiger partial charge in [-0.05, 0) is 57.2 Å². The van der Waals surface area contributed by atoms with Crippen molar-refractivity contribution >= 4 is 52.8 Å². The van der Waals surface area contributed by atoms with Crippen LogP contribution in [0.4, 0.5) is 38.0 Å². The van der Waals surface area contributed by atoms with Crippen LogP contribution in [0, 0.1) is 5.82 Å². The monoisotopic (exact) mass is 457 g/mol. The van der Waals surface area contributed by atoms with Crippen LogP contribution in [0.25, 0.3) is 0 Å². The first-order chi connectivity index (χ1) is 15.1. The molecule has 2 aromatic carbocycles. The highest BCUT2D eigenvalue weighted by molar-refractivity contribution is 6.31. The molecule has 10 heteroatoms. The molecule has 0 radical (unpaired) electrons. The zero-order valence-corrected chi connectivity index (χ0v) is 18.3. The molecular formula is C22H21ClFN5O3. The summed E-state index contributed by atoms with van der Waals surface area (Å²) in [6.07, 6.45) is 1.37. The van der Waals surface area contributed by atoms with Gasteiger partial charge in [0.1, 0.15) is 17.2 Å². The second-order valence-electron chi connectivity index (χ2n) is 7.70. The lowest BCUT2D eigenvalue weighted by molar-refractivity contribution is 0.0636. The molecule has 0 aliphatic carbocycles. The minimum atomic E-state index is -0.627. The number of ether oxygens (including phenoxy) is 1. The summed E-state index contributed by atoms with van der Waals surface area (Å²) in [5.74, 6) is -0.138. The molecule has 0 aliphatic rings. The Labute approximate surface area is 189 Å². The number of aromatic nitrogens is 2. The summed E-state index contributed by atoms with van der Waals surface area (Å²) in [4.78, 5) is 31.8. The van der Waals surface area contributed by atoms with E-state index in [0.29, 0.717) is 23.3 Å². The second kappa shape index (κ2) is 9.61. The fraction of sp³-hybridized carbons (Fsp3) is 0.182. The number of hydrogen-bond donors (Lipinski definition) is 3. The number of nitrogens with zero attached hydrogens (tertiary/aromatic N) is 2. The Morgan fingerprint density at radius 1 is 1.09 bits per heavy atom. The van der Waals surface area contributed by atoms with Crippen LogP contribution in [0.15, 0.2) is 48.7 Å². The third kappa shape index (κ3) is 6.39. The van der Waals surface area contributed by atoms with Gasteiger partial charge in [-0.3, -0.25) is 10.1 Å². The standard InChI is InChI=1S/C22H21ClFN5O3/c1-22(2,3)32-21(31)28-15-6-4-5-14(9-15)26-19-13(12-30)11-25-20(29-19)27-16-7-8-18(24)17(23)10-16/h4-12H,1-3H3,(H,28,31)(H2,25,26,27,29). The number of benzene rings is 2. The molecule has 0 atom stereocenters. The molecule has 32 heavy (non-hydrogen) atoms. The Morgan fingerprint density at radius 3 is 2.50 bits per heavy atom. The molecule has 3 N–H and O–H groups in total. The summed E-state index contributed by atoms with van der Waals surface area (Å²) in [5.41, 5.74) is 1.13. The van der Waals surface area contributed by atoms with Gasteiger partial charge in [-0.2, -0.15) is 4.98 Å². The van der Waals surface area contributed by atoms with Gasteiger partial charge in [0.05, 0.1) is 10.6 Å². The van der Waals surface area contributed by atoms with Crippen LogP contribution in [-0.2, 0) is 4.74 Å². The van der Waals surface area contributed by atoms with E-state index in [-0.39, 0.29) is 22.4 Å². The molecule has 0 aliphatic heterocycles. The van der Waals surface area contributed by atoms with Crippen LogP contribution >= 0.6 is 11.6 Å². The van der Waals surface area contributed by atoms with Crippen molar-refractivity contribution in [2.75, 3.05) is 16.0 Å². The van der Waals surface area contributed by atoms with E-state index in [9.17, 15) is 14.0 Å². The molecule has 0 saturated heterocycles. The van der Waals surface area contributed by atoms with Gasteiger partial charge in [-0.15, -0.1) is 0 Å². The maximum absolute atomic E-state index is 13.4. The van der Waals surface area contributed by atoms with E-state index in [1.165, 1.54) is 24.4 Å². The molecule has 0 saturated carbocycles. The van der Waals surface area contributed by atoms with Gasteiger partial charge < -0.3 is 15.4 Å². The van der Waals surface area contributed by atoms with Gasteiger partial charge in [0.25, 0.3) is 0 Å². The fourth-order valence-electron chi connectivity index (χ4n) is 2.57. The Balaban J connectivity index is 1.79. The summed E-state index contributed by atoms with van der Waals surface area (Å²) in [6, 6.07) is 10.9. The minimum Gasteiger partial charge on any atom is -0.444 e. The predicted molar refractivity (Wildman–Crippen MR) is 122 cm³/mol. The van der Waals surface area contributed by atoms with Gasteiger partial charge in [0.2, 0.25) is 5.95 Å². The highest BCUT2D eigenvalue weighted by Gasteiger charge is 2.16. The van der Waals surface area contributed by atoms with E-state index in [1.54, 1.807) is 45.0 Å². The van der Waals surface area contributed by atoms with Crippen molar-refractivity contribution in [1.82, 2.24) is 9.97 Å². The van der Waals surface area contributed by atoms with Crippen LogP contribution in [0.2, 0.25) is 5.02 Å². The lowest BCUT2D eigenvalue weighted by Gasteiger charge is -2.19. The van der Waals surface area contributed by atoms with Crippen molar-refractivity contribution < 1.29 is 18.7 Å². The van der Waals surface area contributed by atoms with Crippen LogP contribution in [0.1, 0.15) is 31.1 Å². The first kappa shape index (κ1) is 23.0. The van der Waals surface area contributed by atoms with Crippen LogP contribution in [0.5, 0.6) is 0 Å². The molecule has 0 fully saturated rings. The molecule has 1 aromatic heterocycles. The number of amides is 1. The molecule has 0 unspecified atom stereocenters. The zero-order valence-electron chi connectivity index (χ0n) is 17.6. The molecule has 0 bridgehead atoms. The smallest absolute Gasteiger partial charge is 0.412 e. The number of anilines is 5. The molecule has 3 rings (SSSR count). The lowest BCUT2D eigenvalue weighted by atomic mass is 10.2. The molecule has 3 aromatic rings. The second-order valence-corrected chi connectivity index (χ2v) is 8.11. The lowest BCUT2D eigenvalue weighted by Crippen LogP contribution is -2.27. The Morgan fingerprint density at radius 2 is 1.81 bits per heavy atom.